The van der Waals surface area contributed by atoms with E-state index in [4.69, 9.17) is 4.74 Å². The van der Waals surface area contributed by atoms with Crippen molar-refractivity contribution in [3.8, 4) is 0 Å². The van der Waals surface area contributed by atoms with Crippen molar-refractivity contribution in [1.29, 1.82) is 0 Å². The van der Waals surface area contributed by atoms with Crippen LogP contribution in [0.15, 0.2) is 0 Å². The molecule has 0 fully saturated rings. The van der Waals surface area contributed by atoms with Gasteiger partial charge in [-0.3, -0.25) is 4.79 Å². The molecule has 2 atom stereocenters. The van der Waals surface area contributed by atoms with Gasteiger partial charge < -0.3 is 9.84 Å². The monoisotopic (exact) mass is 221 g/mol. The molecule has 82 valence electrons. The van der Waals surface area contributed by atoms with E-state index >= 15 is 0 Å². The molecule has 0 aliphatic heterocycles. The molecule has 0 spiro atoms. The Bertz CT molecular complexity index is 195. The maximum Gasteiger partial charge on any atom is 0.326 e. The predicted octanol–water partition coefficient (Wildman–Crippen LogP) is 1.35. The molecular formula is C9H18O4P+. The highest BCUT2D eigenvalue weighted by molar-refractivity contribution is 7.23. The van der Waals surface area contributed by atoms with Gasteiger partial charge in [-0.25, -0.2) is 0 Å². The molecule has 2 unspecified atom stereocenters. The molecule has 0 aliphatic rings. The van der Waals surface area contributed by atoms with Crippen LogP contribution in [0.4, 0.5) is 0 Å². The van der Waals surface area contributed by atoms with Crippen LogP contribution in [0.3, 0.4) is 0 Å². The molecule has 0 saturated heterocycles. The normalized spacial score (nSPS) is 15.1. The summed E-state index contributed by atoms with van der Waals surface area (Å²) in [6.07, 6.45) is 1.44. The van der Waals surface area contributed by atoms with Crippen LogP contribution in [0, 0.1) is 5.41 Å². The predicted molar refractivity (Wildman–Crippen MR) is 54.9 cm³/mol. The molecule has 5 heteroatoms. The molecule has 0 radical (unpaired) electrons. The van der Waals surface area contributed by atoms with Gasteiger partial charge in [-0.2, -0.15) is 0 Å². The van der Waals surface area contributed by atoms with Crippen molar-refractivity contribution >= 4 is 14.4 Å². The second-order valence-electron chi connectivity index (χ2n) is 3.23. The van der Waals surface area contributed by atoms with E-state index in [9.17, 15) is 14.5 Å². The zero-order valence-corrected chi connectivity index (χ0v) is 9.71. The molecule has 0 rings (SSSR count). The minimum absolute atomic E-state index is 0.177. The van der Waals surface area contributed by atoms with Crippen molar-refractivity contribution in [3.63, 3.8) is 0 Å². The lowest BCUT2D eigenvalue weighted by Crippen LogP contribution is -2.38. The van der Waals surface area contributed by atoms with Gasteiger partial charge in [0.25, 0.3) is 0 Å². The summed E-state index contributed by atoms with van der Waals surface area (Å²) < 4.78 is 15.5. The highest BCUT2D eigenvalue weighted by Crippen LogP contribution is 2.29. The van der Waals surface area contributed by atoms with E-state index in [1.807, 2.05) is 6.92 Å². The number of hydrogen-bond donors (Lipinski definition) is 1. The van der Waals surface area contributed by atoms with Crippen molar-refractivity contribution in [2.75, 3.05) is 19.4 Å². The Hall–Kier alpha value is -0.470. The van der Waals surface area contributed by atoms with Crippen LogP contribution in [0.1, 0.15) is 26.7 Å². The Kier molecular flexibility index (Phi) is 6.67. The van der Waals surface area contributed by atoms with Crippen LogP contribution in [0.5, 0.6) is 0 Å². The summed E-state index contributed by atoms with van der Waals surface area (Å²) in [5.41, 5.74) is -0.953. The lowest BCUT2D eigenvalue weighted by molar-refractivity contribution is -0.157. The highest BCUT2D eigenvalue weighted by Gasteiger charge is 2.41. The van der Waals surface area contributed by atoms with Crippen molar-refractivity contribution in [1.82, 2.24) is 0 Å². The Morgan fingerprint density at radius 1 is 1.50 bits per heavy atom. The van der Waals surface area contributed by atoms with Crippen molar-refractivity contribution < 1.29 is 19.2 Å². The molecule has 0 saturated carbocycles. The molecule has 0 aliphatic carbocycles. The van der Waals surface area contributed by atoms with E-state index in [0.29, 0.717) is 6.42 Å². The fourth-order valence-corrected chi connectivity index (χ4v) is 2.07. The fraction of sp³-hybridized carbons (Fsp3) is 0.889. The van der Waals surface area contributed by atoms with Gasteiger partial charge in [0.15, 0.2) is 6.16 Å². The number of aliphatic hydroxyl groups is 1. The zero-order chi connectivity index (χ0) is 11.0. The molecule has 0 amide bonds. The van der Waals surface area contributed by atoms with Gasteiger partial charge in [0.05, 0.1) is 13.2 Å². The SMILES string of the molecule is CCCC(CO)(C[PH+]=O)C(=O)OCC. The summed E-state index contributed by atoms with van der Waals surface area (Å²) in [6.45, 7) is 3.62. The number of ether oxygens (including phenoxy) is 1. The molecule has 0 aromatic heterocycles. The lowest BCUT2D eigenvalue weighted by Gasteiger charge is -2.23. The summed E-state index contributed by atoms with van der Waals surface area (Å²) in [7, 11) is -0.588. The highest BCUT2D eigenvalue weighted by atomic mass is 31.1. The van der Waals surface area contributed by atoms with Crippen molar-refractivity contribution in [2.24, 2.45) is 5.41 Å². The van der Waals surface area contributed by atoms with Gasteiger partial charge in [-0.15, -0.1) is 0 Å². The van der Waals surface area contributed by atoms with E-state index in [-0.39, 0.29) is 19.4 Å². The molecular weight excluding hydrogens is 203 g/mol. The third-order valence-electron chi connectivity index (χ3n) is 2.15. The minimum atomic E-state index is -0.953. The Balaban J connectivity index is 4.62. The van der Waals surface area contributed by atoms with Crippen molar-refractivity contribution in [3.05, 3.63) is 0 Å². The standard InChI is InChI=1S/C9H17O4P/c1-3-5-9(6-10,7-14-12)8(11)13-4-2/h10H,3-7H2,1-2H3/p+1. The van der Waals surface area contributed by atoms with Gasteiger partial charge in [0, 0.05) is 0 Å². The average molecular weight is 221 g/mol. The van der Waals surface area contributed by atoms with Gasteiger partial charge in [-0.05, 0) is 13.3 Å². The first-order chi connectivity index (χ1) is 6.66. The quantitative estimate of drug-likeness (QED) is 0.520. The van der Waals surface area contributed by atoms with Gasteiger partial charge in [0.2, 0.25) is 0 Å². The van der Waals surface area contributed by atoms with Crippen LogP contribution >= 0.6 is 8.46 Å². The van der Waals surface area contributed by atoms with Crippen LogP contribution < -0.4 is 0 Å². The van der Waals surface area contributed by atoms with E-state index in [1.54, 1.807) is 6.92 Å². The van der Waals surface area contributed by atoms with Crippen LogP contribution in [-0.4, -0.2) is 30.5 Å². The molecule has 0 aromatic carbocycles. The number of esters is 1. The molecule has 0 bridgehead atoms. The third kappa shape index (κ3) is 3.35. The average Bonchev–Trinajstić information content (AvgIpc) is 2.17. The van der Waals surface area contributed by atoms with E-state index < -0.39 is 19.8 Å². The smallest absolute Gasteiger partial charge is 0.326 e. The molecule has 4 nitrogen and oxygen atoms in total. The van der Waals surface area contributed by atoms with Gasteiger partial charge >= 0.3 is 14.4 Å². The maximum atomic E-state index is 11.6. The van der Waals surface area contributed by atoms with Gasteiger partial charge in [0.1, 0.15) is 5.41 Å². The van der Waals surface area contributed by atoms with E-state index in [2.05, 4.69) is 0 Å². The first kappa shape index (κ1) is 13.5. The largest absolute Gasteiger partial charge is 0.465 e. The first-order valence-corrected chi connectivity index (χ1v) is 5.91. The fourth-order valence-electron chi connectivity index (χ4n) is 1.36. The summed E-state index contributed by atoms with van der Waals surface area (Å²) in [5, 5.41) is 9.20. The Morgan fingerprint density at radius 3 is 2.50 bits per heavy atom. The Morgan fingerprint density at radius 2 is 2.14 bits per heavy atom. The lowest BCUT2D eigenvalue weighted by atomic mass is 9.86. The maximum absolute atomic E-state index is 11.6. The molecule has 1 N–H and O–H groups in total. The number of rotatable bonds is 7. The number of hydrogen-bond acceptors (Lipinski definition) is 4. The first-order valence-electron chi connectivity index (χ1n) is 4.80. The Labute approximate surface area is 85.8 Å². The van der Waals surface area contributed by atoms with E-state index in [0.717, 1.165) is 6.42 Å². The molecule has 0 heterocycles. The second-order valence-corrected chi connectivity index (χ2v) is 3.87. The number of carbonyl (C=O) groups is 1. The zero-order valence-electron chi connectivity index (χ0n) is 8.71. The van der Waals surface area contributed by atoms with Crippen LogP contribution in [0.2, 0.25) is 0 Å². The second kappa shape index (κ2) is 6.91. The van der Waals surface area contributed by atoms with Crippen molar-refractivity contribution in [2.45, 2.75) is 26.7 Å². The summed E-state index contributed by atoms with van der Waals surface area (Å²) >= 11 is 0. The van der Waals surface area contributed by atoms with E-state index in [1.165, 1.54) is 0 Å². The summed E-state index contributed by atoms with van der Waals surface area (Å²) in [4.78, 5) is 11.6. The summed E-state index contributed by atoms with van der Waals surface area (Å²) in [6, 6.07) is 0. The minimum Gasteiger partial charge on any atom is -0.465 e. The third-order valence-corrected chi connectivity index (χ3v) is 2.97. The topological polar surface area (TPSA) is 63.6 Å². The van der Waals surface area contributed by atoms with Crippen LogP contribution in [0.25, 0.3) is 0 Å². The number of aliphatic hydroxyl groups excluding tert-OH is 1. The van der Waals surface area contributed by atoms with Gasteiger partial charge in [-0.1, -0.05) is 17.9 Å². The molecule has 14 heavy (non-hydrogen) atoms. The number of carbonyl (C=O) groups excluding carboxylic acids is 1. The summed E-state index contributed by atoms with van der Waals surface area (Å²) in [5.74, 6) is -0.437. The van der Waals surface area contributed by atoms with Crippen LogP contribution in [-0.2, 0) is 14.1 Å². The molecule has 0 aromatic rings.